The van der Waals surface area contributed by atoms with E-state index < -0.39 is 0 Å². The highest BCUT2D eigenvalue weighted by Gasteiger charge is 2.50. The molecule has 1 aliphatic heterocycles. The number of rotatable bonds is 5. The molecule has 0 saturated carbocycles. The third kappa shape index (κ3) is 3.36. The molecule has 5 nitrogen and oxygen atoms in total. The van der Waals surface area contributed by atoms with Crippen molar-refractivity contribution < 1.29 is 14.4 Å². The maximum Gasteiger partial charge on any atom is 0.258 e. The van der Waals surface area contributed by atoms with E-state index in [2.05, 4.69) is 6.58 Å². The molecule has 3 atom stereocenters. The SMILES string of the molecule is C=CCN(C(=O)c1cccc(N2C(=O)[C@@H]3[C@@H](C)C=CC[C@H]3C2=O)c1)c1ccccc1. The number of anilines is 2. The molecule has 4 rings (SSSR count). The van der Waals surface area contributed by atoms with E-state index in [-0.39, 0.29) is 35.5 Å². The van der Waals surface area contributed by atoms with Crippen LogP contribution in [0.2, 0.25) is 0 Å². The first-order valence-corrected chi connectivity index (χ1v) is 10.1. The van der Waals surface area contributed by atoms with Gasteiger partial charge < -0.3 is 4.90 Å². The Morgan fingerprint density at radius 2 is 1.90 bits per heavy atom. The van der Waals surface area contributed by atoms with Gasteiger partial charge in [0.15, 0.2) is 0 Å². The monoisotopic (exact) mass is 400 g/mol. The average molecular weight is 400 g/mol. The lowest BCUT2D eigenvalue weighted by Crippen LogP contribution is -2.33. The van der Waals surface area contributed by atoms with Gasteiger partial charge in [-0.15, -0.1) is 6.58 Å². The average Bonchev–Trinajstić information content (AvgIpc) is 3.03. The highest BCUT2D eigenvalue weighted by Crippen LogP contribution is 2.40. The summed E-state index contributed by atoms with van der Waals surface area (Å²) >= 11 is 0. The lowest BCUT2D eigenvalue weighted by atomic mass is 9.78. The topological polar surface area (TPSA) is 57.7 Å². The minimum Gasteiger partial charge on any atom is -0.305 e. The fraction of sp³-hybridized carbons (Fsp3) is 0.240. The summed E-state index contributed by atoms with van der Waals surface area (Å²) in [6.07, 6.45) is 6.23. The van der Waals surface area contributed by atoms with Crippen LogP contribution in [0.5, 0.6) is 0 Å². The van der Waals surface area contributed by atoms with Crippen molar-refractivity contribution in [3.8, 4) is 0 Å². The molecule has 1 aliphatic carbocycles. The third-order valence-corrected chi connectivity index (χ3v) is 5.85. The molecule has 0 unspecified atom stereocenters. The molecule has 1 saturated heterocycles. The minimum atomic E-state index is -0.330. The van der Waals surface area contributed by atoms with Crippen molar-refractivity contribution in [1.82, 2.24) is 0 Å². The summed E-state index contributed by atoms with van der Waals surface area (Å²) in [4.78, 5) is 42.2. The summed E-state index contributed by atoms with van der Waals surface area (Å²) in [6.45, 7) is 6.07. The van der Waals surface area contributed by atoms with Crippen LogP contribution in [-0.4, -0.2) is 24.3 Å². The lowest BCUT2D eigenvalue weighted by Gasteiger charge is -2.23. The molecule has 2 aromatic rings. The molecule has 0 spiro atoms. The molecule has 1 heterocycles. The summed E-state index contributed by atoms with van der Waals surface area (Å²) in [5, 5.41) is 0. The van der Waals surface area contributed by atoms with Gasteiger partial charge in [0.05, 0.1) is 17.5 Å². The Morgan fingerprint density at radius 3 is 2.60 bits per heavy atom. The normalized spacial score (nSPS) is 22.7. The van der Waals surface area contributed by atoms with Gasteiger partial charge in [0.1, 0.15) is 0 Å². The second kappa shape index (κ2) is 8.11. The molecule has 152 valence electrons. The molecule has 0 bridgehead atoms. The van der Waals surface area contributed by atoms with Crippen LogP contribution in [0.3, 0.4) is 0 Å². The van der Waals surface area contributed by atoms with Gasteiger partial charge in [-0.25, -0.2) is 0 Å². The molecule has 0 aromatic heterocycles. The van der Waals surface area contributed by atoms with Crippen molar-refractivity contribution in [2.45, 2.75) is 13.3 Å². The van der Waals surface area contributed by atoms with Crippen LogP contribution < -0.4 is 9.80 Å². The highest BCUT2D eigenvalue weighted by molar-refractivity contribution is 6.22. The lowest BCUT2D eigenvalue weighted by molar-refractivity contribution is -0.122. The number of benzene rings is 2. The van der Waals surface area contributed by atoms with Gasteiger partial charge in [-0.1, -0.05) is 49.4 Å². The predicted octanol–water partition coefficient (Wildman–Crippen LogP) is 4.22. The second-order valence-electron chi connectivity index (χ2n) is 7.76. The Bertz CT molecular complexity index is 1030. The number of imide groups is 1. The van der Waals surface area contributed by atoms with Gasteiger partial charge in [0.2, 0.25) is 11.8 Å². The number of fused-ring (bicyclic) bond motifs is 1. The Labute approximate surface area is 176 Å². The molecule has 5 heteroatoms. The van der Waals surface area contributed by atoms with Crippen molar-refractivity contribution >= 4 is 29.1 Å². The number of hydrogen-bond donors (Lipinski definition) is 0. The van der Waals surface area contributed by atoms with Crippen LogP contribution >= 0.6 is 0 Å². The van der Waals surface area contributed by atoms with Crippen LogP contribution in [0.4, 0.5) is 11.4 Å². The molecule has 0 N–H and O–H groups in total. The van der Waals surface area contributed by atoms with Gasteiger partial charge in [-0.05, 0) is 42.7 Å². The van der Waals surface area contributed by atoms with Gasteiger partial charge in [0, 0.05) is 17.8 Å². The van der Waals surface area contributed by atoms with E-state index in [1.54, 1.807) is 35.2 Å². The maximum atomic E-state index is 13.2. The quantitative estimate of drug-likeness (QED) is 0.558. The number of carbonyl (C=O) groups excluding carboxylic acids is 3. The van der Waals surface area contributed by atoms with E-state index in [1.807, 2.05) is 49.4 Å². The number of hydrogen-bond acceptors (Lipinski definition) is 3. The van der Waals surface area contributed by atoms with Crippen molar-refractivity contribution in [2.24, 2.45) is 17.8 Å². The summed E-state index contributed by atoms with van der Waals surface area (Å²) < 4.78 is 0. The van der Waals surface area contributed by atoms with E-state index in [9.17, 15) is 14.4 Å². The molecule has 0 radical (unpaired) electrons. The van der Waals surface area contributed by atoms with Crippen molar-refractivity contribution in [1.29, 1.82) is 0 Å². The molecular formula is C25H24N2O3. The zero-order valence-electron chi connectivity index (χ0n) is 16.9. The summed E-state index contributed by atoms with van der Waals surface area (Å²) in [6, 6.07) is 16.1. The van der Waals surface area contributed by atoms with Gasteiger partial charge in [-0.3, -0.25) is 19.3 Å². The minimum absolute atomic E-state index is 0.0242. The summed E-state index contributed by atoms with van der Waals surface area (Å²) in [7, 11) is 0. The van der Waals surface area contributed by atoms with Crippen LogP contribution in [0.25, 0.3) is 0 Å². The van der Waals surface area contributed by atoms with Crippen LogP contribution in [-0.2, 0) is 9.59 Å². The zero-order chi connectivity index (χ0) is 21.3. The first kappa shape index (κ1) is 19.8. The van der Waals surface area contributed by atoms with E-state index in [0.717, 1.165) is 5.69 Å². The number of carbonyl (C=O) groups is 3. The Balaban J connectivity index is 1.66. The fourth-order valence-electron chi connectivity index (χ4n) is 4.38. The van der Waals surface area contributed by atoms with Gasteiger partial charge in [-0.2, -0.15) is 0 Å². The van der Waals surface area contributed by atoms with Crippen LogP contribution in [0.1, 0.15) is 23.7 Å². The van der Waals surface area contributed by atoms with E-state index in [0.29, 0.717) is 24.2 Å². The smallest absolute Gasteiger partial charge is 0.258 e. The molecule has 2 aliphatic rings. The van der Waals surface area contributed by atoms with Gasteiger partial charge in [0.25, 0.3) is 5.91 Å². The van der Waals surface area contributed by atoms with Crippen LogP contribution in [0, 0.1) is 17.8 Å². The number of amides is 3. The zero-order valence-corrected chi connectivity index (χ0v) is 16.9. The Kier molecular flexibility index (Phi) is 5.36. The third-order valence-electron chi connectivity index (χ3n) is 5.85. The fourth-order valence-corrected chi connectivity index (χ4v) is 4.38. The van der Waals surface area contributed by atoms with Crippen LogP contribution in [0.15, 0.2) is 79.4 Å². The van der Waals surface area contributed by atoms with Crippen molar-refractivity contribution in [2.75, 3.05) is 16.3 Å². The maximum absolute atomic E-state index is 13.2. The highest BCUT2D eigenvalue weighted by atomic mass is 16.2. The number of allylic oxidation sites excluding steroid dienone is 2. The number of nitrogens with zero attached hydrogens (tertiary/aromatic N) is 2. The Hall–Kier alpha value is -3.47. The van der Waals surface area contributed by atoms with Gasteiger partial charge >= 0.3 is 0 Å². The first-order chi connectivity index (χ1) is 14.5. The first-order valence-electron chi connectivity index (χ1n) is 10.1. The van der Waals surface area contributed by atoms with E-state index >= 15 is 0 Å². The molecular weight excluding hydrogens is 376 g/mol. The van der Waals surface area contributed by atoms with E-state index in [4.69, 9.17) is 0 Å². The Morgan fingerprint density at radius 1 is 1.13 bits per heavy atom. The number of para-hydroxylation sites is 1. The molecule has 1 fully saturated rings. The summed E-state index contributed by atoms with van der Waals surface area (Å²) in [5.74, 6) is -1.21. The molecule has 2 aromatic carbocycles. The van der Waals surface area contributed by atoms with E-state index in [1.165, 1.54) is 4.90 Å². The predicted molar refractivity (Wildman–Crippen MR) is 117 cm³/mol. The standard InChI is InChI=1S/C25H24N2O3/c1-3-15-26(19-11-5-4-6-12-19)23(28)18-10-8-13-20(16-18)27-24(29)21-14-7-9-17(2)22(21)25(27)30/h3-13,16-17,21-22H,1,14-15H2,2H3/t17-,21+,22+/m0/s1. The summed E-state index contributed by atoms with van der Waals surface area (Å²) in [5.41, 5.74) is 1.62. The largest absolute Gasteiger partial charge is 0.305 e. The van der Waals surface area contributed by atoms with Crippen molar-refractivity contribution in [3.05, 3.63) is 85.0 Å². The second-order valence-corrected chi connectivity index (χ2v) is 7.76. The molecule has 30 heavy (non-hydrogen) atoms. The molecule has 3 amide bonds. The van der Waals surface area contributed by atoms with Crippen molar-refractivity contribution in [3.63, 3.8) is 0 Å².